The number of nitrogens with zero attached hydrogens (tertiary/aromatic N) is 4. The van der Waals surface area contributed by atoms with Crippen LogP contribution in [0.15, 0.2) is 18.5 Å². The Morgan fingerprint density at radius 2 is 2.11 bits per heavy atom. The molecule has 7 nitrogen and oxygen atoms in total. The number of hydrogen-bond acceptors (Lipinski definition) is 5. The van der Waals surface area contributed by atoms with Crippen molar-refractivity contribution >= 4 is 17.4 Å². The van der Waals surface area contributed by atoms with Gasteiger partial charge in [0.05, 0.1) is 0 Å². The molecule has 1 amide bonds. The van der Waals surface area contributed by atoms with Crippen molar-refractivity contribution in [2.45, 2.75) is 32.1 Å². The van der Waals surface area contributed by atoms with Crippen LogP contribution in [0.3, 0.4) is 0 Å². The second-order valence-corrected chi connectivity index (χ2v) is 4.80. The molecule has 0 atom stereocenters. The number of amides is 1. The summed E-state index contributed by atoms with van der Waals surface area (Å²) in [5.41, 5.74) is 6.23. The van der Waals surface area contributed by atoms with Crippen LogP contribution in [-0.4, -0.2) is 25.7 Å². The van der Waals surface area contributed by atoms with Gasteiger partial charge in [-0.25, -0.2) is 0 Å². The number of anilines is 1. The van der Waals surface area contributed by atoms with Crippen molar-refractivity contribution in [2.24, 2.45) is 5.92 Å². The highest BCUT2D eigenvalue weighted by atomic mass is 16.2. The Bertz CT molecular complexity index is 574. The molecule has 7 heteroatoms. The largest absolute Gasteiger partial charge is 0.280 e. The first-order chi connectivity index (χ1) is 9.33. The molecule has 1 aliphatic carbocycles. The van der Waals surface area contributed by atoms with Crippen LogP contribution in [-0.2, 0) is 4.79 Å². The molecule has 0 bridgehead atoms. The number of hydrogen-bond donors (Lipinski definition) is 2. The van der Waals surface area contributed by atoms with E-state index >= 15 is 0 Å². The Labute approximate surface area is 110 Å². The predicted molar refractivity (Wildman–Crippen MR) is 69.1 cm³/mol. The number of carbonyl (C=O) groups excluding carboxylic acids is 1. The van der Waals surface area contributed by atoms with E-state index in [1.54, 1.807) is 16.6 Å². The molecule has 1 saturated carbocycles. The summed E-state index contributed by atoms with van der Waals surface area (Å²) in [6, 6.07) is 3.54. The SMILES string of the molecule is O=C(NNc1ccc2nncn2n1)C1CCCCC1. The summed E-state index contributed by atoms with van der Waals surface area (Å²) >= 11 is 0. The van der Waals surface area contributed by atoms with E-state index in [-0.39, 0.29) is 11.8 Å². The second-order valence-electron chi connectivity index (χ2n) is 4.80. The fourth-order valence-corrected chi connectivity index (χ4v) is 2.39. The first-order valence-corrected chi connectivity index (χ1v) is 6.56. The van der Waals surface area contributed by atoms with Gasteiger partial charge in [0.25, 0.3) is 0 Å². The van der Waals surface area contributed by atoms with Gasteiger partial charge in [-0.05, 0) is 25.0 Å². The maximum Gasteiger partial charge on any atom is 0.241 e. The summed E-state index contributed by atoms with van der Waals surface area (Å²) in [5.74, 6) is 0.738. The lowest BCUT2D eigenvalue weighted by Gasteiger charge is -2.20. The maximum absolute atomic E-state index is 12.0. The highest BCUT2D eigenvalue weighted by molar-refractivity contribution is 5.79. The minimum atomic E-state index is 0.0466. The topological polar surface area (TPSA) is 84.2 Å². The molecule has 19 heavy (non-hydrogen) atoms. The summed E-state index contributed by atoms with van der Waals surface area (Å²) in [4.78, 5) is 12.0. The molecule has 2 heterocycles. The zero-order valence-electron chi connectivity index (χ0n) is 10.5. The monoisotopic (exact) mass is 260 g/mol. The number of nitrogens with one attached hydrogen (secondary N) is 2. The summed E-state index contributed by atoms with van der Waals surface area (Å²) < 4.78 is 1.55. The van der Waals surface area contributed by atoms with Crippen molar-refractivity contribution in [2.75, 3.05) is 5.43 Å². The minimum Gasteiger partial charge on any atom is -0.280 e. The highest BCUT2D eigenvalue weighted by Crippen LogP contribution is 2.23. The van der Waals surface area contributed by atoms with Crippen molar-refractivity contribution in [1.29, 1.82) is 0 Å². The molecule has 0 radical (unpaired) electrons. The van der Waals surface area contributed by atoms with E-state index in [9.17, 15) is 4.79 Å². The van der Waals surface area contributed by atoms with Crippen LogP contribution < -0.4 is 10.9 Å². The van der Waals surface area contributed by atoms with Gasteiger partial charge in [-0.1, -0.05) is 19.3 Å². The minimum absolute atomic E-state index is 0.0466. The Morgan fingerprint density at radius 3 is 2.95 bits per heavy atom. The first kappa shape index (κ1) is 11.9. The third-order valence-electron chi connectivity index (χ3n) is 3.45. The van der Waals surface area contributed by atoms with Crippen LogP contribution in [0.5, 0.6) is 0 Å². The Hall–Kier alpha value is -2.18. The van der Waals surface area contributed by atoms with E-state index in [4.69, 9.17) is 0 Å². The molecule has 2 aromatic rings. The van der Waals surface area contributed by atoms with Crippen molar-refractivity contribution in [3.05, 3.63) is 18.5 Å². The summed E-state index contributed by atoms with van der Waals surface area (Å²) in [6.45, 7) is 0. The predicted octanol–water partition coefficient (Wildman–Crippen LogP) is 1.15. The van der Waals surface area contributed by atoms with E-state index in [1.807, 2.05) is 0 Å². The van der Waals surface area contributed by atoms with Gasteiger partial charge < -0.3 is 0 Å². The van der Waals surface area contributed by atoms with Crippen LogP contribution in [0.2, 0.25) is 0 Å². The van der Waals surface area contributed by atoms with Crippen LogP contribution in [0.25, 0.3) is 5.65 Å². The number of rotatable bonds is 3. The zero-order valence-corrected chi connectivity index (χ0v) is 10.5. The third kappa shape index (κ3) is 2.64. The molecule has 0 spiro atoms. The van der Waals surface area contributed by atoms with Crippen LogP contribution in [0.1, 0.15) is 32.1 Å². The Morgan fingerprint density at radius 1 is 1.26 bits per heavy atom. The number of aromatic nitrogens is 4. The Kier molecular flexibility index (Phi) is 3.26. The number of carbonyl (C=O) groups is 1. The Balaban J connectivity index is 1.60. The standard InChI is InChI=1S/C12H16N6O/c19-12(9-4-2-1-3-5-9)16-14-10-6-7-11-15-13-8-18(11)17-10/h6-9H,1-5H2,(H,14,17)(H,16,19). The van der Waals surface area contributed by atoms with Gasteiger partial charge in [0, 0.05) is 5.92 Å². The number of fused-ring (bicyclic) bond motifs is 1. The normalized spacial score (nSPS) is 16.4. The summed E-state index contributed by atoms with van der Waals surface area (Å²) in [5, 5.41) is 11.8. The lowest BCUT2D eigenvalue weighted by molar-refractivity contribution is -0.125. The van der Waals surface area contributed by atoms with E-state index in [2.05, 4.69) is 26.1 Å². The molecule has 0 aliphatic heterocycles. The molecule has 0 aromatic carbocycles. The zero-order chi connectivity index (χ0) is 13.1. The smallest absolute Gasteiger partial charge is 0.241 e. The van der Waals surface area contributed by atoms with Gasteiger partial charge in [-0.2, -0.15) is 4.52 Å². The summed E-state index contributed by atoms with van der Waals surface area (Å²) in [7, 11) is 0. The average molecular weight is 260 g/mol. The molecular formula is C12H16N6O. The quantitative estimate of drug-likeness (QED) is 0.809. The van der Waals surface area contributed by atoms with Gasteiger partial charge in [0.1, 0.15) is 6.33 Å². The molecule has 0 saturated heterocycles. The van der Waals surface area contributed by atoms with Crippen molar-refractivity contribution in [1.82, 2.24) is 25.2 Å². The molecule has 1 fully saturated rings. The highest BCUT2D eigenvalue weighted by Gasteiger charge is 2.20. The molecule has 3 rings (SSSR count). The van der Waals surface area contributed by atoms with Crippen LogP contribution >= 0.6 is 0 Å². The average Bonchev–Trinajstić information content (AvgIpc) is 2.93. The van der Waals surface area contributed by atoms with E-state index in [1.165, 1.54) is 12.7 Å². The maximum atomic E-state index is 12.0. The van der Waals surface area contributed by atoms with E-state index in [0.717, 1.165) is 25.7 Å². The molecule has 0 unspecified atom stereocenters. The summed E-state index contributed by atoms with van der Waals surface area (Å²) in [6.07, 6.45) is 7.00. The van der Waals surface area contributed by atoms with Crippen molar-refractivity contribution < 1.29 is 4.79 Å². The van der Waals surface area contributed by atoms with Gasteiger partial charge in [-0.15, -0.1) is 15.3 Å². The van der Waals surface area contributed by atoms with Crippen LogP contribution in [0.4, 0.5) is 5.82 Å². The van der Waals surface area contributed by atoms with Gasteiger partial charge in [0.2, 0.25) is 5.91 Å². The molecule has 100 valence electrons. The molecule has 2 aromatic heterocycles. The third-order valence-corrected chi connectivity index (χ3v) is 3.45. The van der Waals surface area contributed by atoms with Crippen LogP contribution in [0, 0.1) is 5.92 Å². The molecule has 2 N–H and O–H groups in total. The van der Waals surface area contributed by atoms with Crippen molar-refractivity contribution in [3.8, 4) is 0 Å². The fraction of sp³-hybridized carbons (Fsp3) is 0.500. The van der Waals surface area contributed by atoms with Gasteiger partial charge >= 0.3 is 0 Å². The van der Waals surface area contributed by atoms with Gasteiger partial charge in [-0.3, -0.25) is 15.6 Å². The number of hydrazine groups is 1. The van der Waals surface area contributed by atoms with E-state index in [0.29, 0.717) is 11.5 Å². The second kappa shape index (κ2) is 5.21. The first-order valence-electron chi connectivity index (χ1n) is 6.56. The fourth-order valence-electron chi connectivity index (χ4n) is 2.39. The van der Waals surface area contributed by atoms with E-state index < -0.39 is 0 Å². The van der Waals surface area contributed by atoms with Crippen molar-refractivity contribution in [3.63, 3.8) is 0 Å². The lowest BCUT2D eigenvalue weighted by atomic mass is 9.89. The molecule has 1 aliphatic rings. The molecular weight excluding hydrogens is 244 g/mol. The van der Waals surface area contributed by atoms with Gasteiger partial charge in [0.15, 0.2) is 11.5 Å². The lowest BCUT2D eigenvalue weighted by Crippen LogP contribution is -2.36.